The van der Waals surface area contributed by atoms with Crippen molar-refractivity contribution in [3.05, 3.63) is 29.8 Å². The van der Waals surface area contributed by atoms with Crippen molar-refractivity contribution in [1.29, 1.82) is 0 Å². The minimum Gasteiger partial charge on any atom is -0.464 e. The van der Waals surface area contributed by atoms with E-state index >= 15 is 0 Å². The number of ether oxygens (including phenoxy) is 1. The van der Waals surface area contributed by atoms with E-state index in [2.05, 4.69) is 6.07 Å². The summed E-state index contributed by atoms with van der Waals surface area (Å²) < 4.78 is 5.25. The molecule has 0 saturated carbocycles. The van der Waals surface area contributed by atoms with E-state index in [-0.39, 0.29) is 11.9 Å². The maximum absolute atomic E-state index is 11.8. The van der Waals surface area contributed by atoms with Crippen molar-refractivity contribution in [3.63, 3.8) is 0 Å². The van der Waals surface area contributed by atoms with Gasteiger partial charge in [0, 0.05) is 16.4 Å². The highest BCUT2D eigenvalue weighted by Crippen LogP contribution is 2.39. The van der Waals surface area contributed by atoms with Crippen LogP contribution in [-0.4, -0.2) is 30.3 Å². The molecule has 1 aliphatic heterocycles. The Morgan fingerprint density at radius 1 is 1.56 bits per heavy atom. The number of benzene rings is 1. The zero-order valence-electron chi connectivity index (χ0n) is 9.14. The van der Waals surface area contributed by atoms with Gasteiger partial charge < -0.3 is 4.74 Å². The fraction of sp³-hybridized carbons (Fsp3) is 0.417. The van der Waals surface area contributed by atoms with Gasteiger partial charge in [0.25, 0.3) is 0 Å². The summed E-state index contributed by atoms with van der Waals surface area (Å²) in [7, 11) is 0. The normalized spacial score (nSPS) is 18.2. The van der Waals surface area contributed by atoms with Gasteiger partial charge in [0.1, 0.15) is 6.61 Å². The second-order valence-corrected chi connectivity index (χ2v) is 5.61. The van der Waals surface area contributed by atoms with E-state index in [9.17, 15) is 4.79 Å². The quantitative estimate of drug-likeness (QED) is 0.609. The first-order valence-electron chi connectivity index (χ1n) is 5.20. The van der Waals surface area contributed by atoms with Gasteiger partial charge in [-0.05, 0) is 17.9 Å². The van der Waals surface area contributed by atoms with Gasteiger partial charge in [-0.2, -0.15) is 11.8 Å². The van der Waals surface area contributed by atoms with Crippen molar-refractivity contribution < 1.29 is 9.53 Å². The van der Waals surface area contributed by atoms with E-state index in [0.717, 1.165) is 17.1 Å². The lowest BCUT2D eigenvalue weighted by Gasteiger charge is -2.10. The van der Waals surface area contributed by atoms with Crippen LogP contribution in [0.5, 0.6) is 0 Å². The van der Waals surface area contributed by atoms with E-state index in [1.807, 2.05) is 24.5 Å². The average Bonchev–Trinajstić information content (AvgIpc) is 2.73. The van der Waals surface area contributed by atoms with E-state index < -0.39 is 0 Å². The van der Waals surface area contributed by atoms with Crippen molar-refractivity contribution in [2.24, 2.45) is 0 Å². The van der Waals surface area contributed by atoms with E-state index in [0.29, 0.717) is 6.61 Å². The van der Waals surface area contributed by atoms with Crippen LogP contribution in [0.2, 0.25) is 0 Å². The molecule has 2 nitrogen and oxygen atoms in total. The summed E-state index contributed by atoms with van der Waals surface area (Å²) in [6.07, 6.45) is 2.01. The summed E-state index contributed by atoms with van der Waals surface area (Å²) in [5, 5.41) is 0. The molecule has 0 unspecified atom stereocenters. The summed E-state index contributed by atoms with van der Waals surface area (Å²) in [5.74, 6) is 1.54. The molecule has 0 amide bonds. The van der Waals surface area contributed by atoms with Crippen molar-refractivity contribution >= 4 is 29.5 Å². The Bertz CT molecular complexity index is 379. The number of fused-ring (bicyclic) bond motifs is 1. The minimum absolute atomic E-state index is 0.0666. The zero-order chi connectivity index (χ0) is 11.4. The highest BCUT2D eigenvalue weighted by molar-refractivity contribution is 7.99. The lowest BCUT2D eigenvalue weighted by atomic mass is 10.0. The molecule has 0 bridgehead atoms. The largest absolute Gasteiger partial charge is 0.464 e. The van der Waals surface area contributed by atoms with Crippen molar-refractivity contribution in [1.82, 2.24) is 0 Å². The van der Waals surface area contributed by atoms with E-state index in [1.54, 1.807) is 23.5 Å². The monoisotopic (exact) mass is 254 g/mol. The predicted molar refractivity (Wildman–Crippen MR) is 69.2 cm³/mol. The van der Waals surface area contributed by atoms with Crippen molar-refractivity contribution in [2.45, 2.75) is 10.8 Å². The highest BCUT2D eigenvalue weighted by Gasteiger charge is 2.29. The summed E-state index contributed by atoms with van der Waals surface area (Å²) >= 11 is 3.43. The molecule has 1 aromatic carbocycles. The van der Waals surface area contributed by atoms with Gasteiger partial charge >= 0.3 is 5.97 Å². The summed E-state index contributed by atoms with van der Waals surface area (Å²) in [4.78, 5) is 13.1. The van der Waals surface area contributed by atoms with Gasteiger partial charge in [-0.25, -0.2) is 0 Å². The van der Waals surface area contributed by atoms with Crippen LogP contribution in [0.15, 0.2) is 29.2 Å². The second kappa shape index (κ2) is 5.64. The third kappa shape index (κ3) is 2.55. The standard InChI is InChI=1S/C12H14O2S2/c1-15-7-6-14-12(13)10-8-16-11-5-3-2-4-9(10)11/h2-5,10H,6-8H2,1H3/t10-/m1/s1. The van der Waals surface area contributed by atoms with Gasteiger partial charge in [0.2, 0.25) is 0 Å². The molecule has 1 aromatic rings. The molecule has 0 fully saturated rings. The third-order valence-corrected chi connectivity index (χ3v) is 4.27. The topological polar surface area (TPSA) is 26.3 Å². The molecule has 16 heavy (non-hydrogen) atoms. The van der Waals surface area contributed by atoms with E-state index in [4.69, 9.17) is 4.74 Å². The number of thioether (sulfide) groups is 2. The van der Waals surface area contributed by atoms with Gasteiger partial charge in [-0.1, -0.05) is 18.2 Å². The predicted octanol–water partition coefficient (Wildman–Crippen LogP) is 2.78. The first-order valence-corrected chi connectivity index (χ1v) is 7.58. The fourth-order valence-electron chi connectivity index (χ4n) is 1.68. The molecule has 1 aliphatic rings. The number of hydrogen-bond donors (Lipinski definition) is 0. The Hall–Kier alpha value is -0.610. The number of carbonyl (C=O) groups excluding carboxylic acids is 1. The molecule has 0 aromatic heterocycles. The molecule has 4 heteroatoms. The van der Waals surface area contributed by atoms with Crippen LogP contribution in [0.1, 0.15) is 11.5 Å². The molecule has 0 saturated heterocycles. The smallest absolute Gasteiger partial charge is 0.314 e. The minimum atomic E-state index is -0.0773. The Labute approximate surface area is 104 Å². The first-order chi connectivity index (χ1) is 7.83. The third-order valence-electron chi connectivity index (χ3n) is 2.52. The van der Waals surface area contributed by atoms with Crippen molar-refractivity contribution in [2.75, 3.05) is 24.4 Å². The molecule has 0 spiro atoms. The van der Waals surface area contributed by atoms with Crippen LogP contribution in [0.4, 0.5) is 0 Å². The molecule has 1 heterocycles. The molecule has 86 valence electrons. The fourth-order valence-corrected chi connectivity index (χ4v) is 3.15. The number of hydrogen-bond acceptors (Lipinski definition) is 4. The SMILES string of the molecule is CSCCOC(=O)[C@@H]1CSc2ccccc21. The second-order valence-electron chi connectivity index (χ2n) is 3.56. The number of esters is 1. The molecule has 0 radical (unpaired) electrons. The molecule has 2 rings (SSSR count). The van der Waals surface area contributed by atoms with Gasteiger partial charge in [0.05, 0.1) is 5.92 Å². The maximum Gasteiger partial charge on any atom is 0.314 e. The van der Waals surface area contributed by atoms with Crippen molar-refractivity contribution in [3.8, 4) is 0 Å². The van der Waals surface area contributed by atoms with Crippen LogP contribution >= 0.6 is 23.5 Å². The van der Waals surface area contributed by atoms with Crippen LogP contribution < -0.4 is 0 Å². The van der Waals surface area contributed by atoms with Crippen LogP contribution in [0.3, 0.4) is 0 Å². The lowest BCUT2D eigenvalue weighted by Crippen LogP contribution is -2.17. The van der Waals surface area contributed by atoms with Gasteiger partial charge in [0.15, 0.2) is 0 Å². The van der Waals surface area contributed by atoms with Crippen LogP contribution in [0.25, 0.3) is 0 Å². The Kier molecular flexibility index (Phi) is 4.18. The summed E-state index contributed by atoms with van der Waals surface area (Å²) in [6, 6.07) is 8.07. The molecular weight excluding hydrogens is 240 g/mol. The van der Waals surface area contributed by atoms with E-state index in [1.165, 1.54) is 4.90 Å². The van der Waals surface area contributed by atoms with Gasteiger partial charge in [-0.15, -0.1) is 11.8 Å². The highest BCUT2D eigenvalue weighted by atomic mass is 32.2. The summed E-state index contributed by atoms with van der Waals surface area (Å²) in [5.41, 5.74) is 1.13. The molecule has 0 N–H and O–H groups in total. The first kappa shape index (κ1) is 11.9. The van der Waals surface area contributed by atoms with Gasteiger partial charge in [-0.3, -0.25) is 4.79 Å². The number of carbonyl (C=O) groups is 1. The maximum atomic E-state index is 11.8. The Morgan fingerprint density at radius 2 is 2.38 bits per heavy atom. The Morgan fingerprint density at radius 3 is 3.19 bits per heavy atom. The molecule has 1 atom stereocenters. The lowest BCUT2D eigenvalue weighted by molar-refractivity contribution is -0.144. The van der Waals surface area contributed by atoms with Crippen LogP contribution in [-0.2, 0) is 9.53 Å². The average molecular weight is 254 g/mol. The molecule has 0 aliphatic carbocycles. The summed E-state index contributed by atoms with van der Waals surface area (Å²) in [6.45, 7) is 0.517. The van der Waals surface area contributed by atoms with Crippen LogP contribution in [0, 0.1) is 0 Å². The molecular formula is C12H14O2S2. The number of rotatable bonds is 4. The Balaban J connectivity index is 1.99. The zero-order valence-corrected chi connectivity index (χ0v) is 10.8.